The zero-order valence-electron chi connectivity index (χ0n) is 13.4. The van der Waals surface area contributed by atoms with Gasteiger partial charge in [-0.15, -0.1) is 0 Å². The minimum absolute atomic E-state index is 0.190. The number of benzene rings is 2. The molecule has 4 nitrogen and oxygen atoms in total. The molecule has 0 unspecified atom stereocenters. The molecule has 2 aromatic rings. The summed E-state index contributed by atoms with van der Waals surface area (Å²) < 4.78 is 11.0. The number of methoxy groups -OCH3 is 1. The molecule has 0 saturated carbocycles. The van der Waals surface area contributed by atoms with Gasteiger partial charge in [0, 0.05) is 17.1 Å². The molecule has 0 aromatic heterocycles. The maximum atomic E-state index is 12.2. The van der Waals surface area contributed by atoms with Crippen molar-refractivity contribution in [2.75, 3.05) is 7.11 Å². The fraction of sp³-hybridized carbons (Fsp3) is 0.278. The Kier molecular flexibility index (Phi) is 5.88. The van der Waals surface area contributed by atoms with Gasteiger partial charge in [-0.2, -0.15) is 0 Å². The summed E-state index contributed by atoms with van der Waals surface area (Å²) in [7, 11) is 1.61. The van der Waals surface area contributed by atoms with Crippen LogP contribution in [0.5, 0.6) is 11.5 Å². The van der Waals surface area contributed by atoms with Crippen LogP contribution in [0.4, 0.5) is 0 Å². The summed E-state index contributed by atoms with van der Waals surface area (Å²) in [6.45, 7) is 3.99. The van der Waals surface area contributed by atoms with Crippen LogP contribution in [0.3, 0.4) is 0 Å². The molecule has 5 heteroatoms. The van der Waals surface area contributed by atoms with E-state index in [4.69, 9.17) is 21.1 Å². The van der Waals surface area contributed by atoms with Gasteiger partial charge >= 0.3 is 0 Å². The van der Waals surface area contributed by atoms with E-state index in [0.29, 0.717) is 17.3 Å². The Morgan fingerprint density at radius 3 is 2.65 bits per heavy atom. The molecule has 0 fully saturated rings. The van der Waals surface area contributed by atoms with Crippen LogP contribution in [0.2, 0.25) is 5.02 Å². The number of para-hydroxylation sites is 1. The molecule has 0 aliphatic heterocycles. The molecule has 0 spiro atoms. The highest BCUT2D eigenvalue weighted by molar-refractivity contribution is 6.30. The van der Waals surface area contributed by atoms with Crippen molar-refractivity contribution in [2.24, 2.45) is 0 Å². The summed E-state index contributed by atoms with van der Waals surface area (Å²) in [5.41, 5.74) is 1.81. The highest BCUT2D eigenvalue weighted by Gasteiger charge is 2.16. The molecule has 2 rings (SSSR count). The Hall–Kier alpha value is -2.20. The molecule has 23 heavy (non-hydrogen) atoms. The minimum atomic E-state index is -0.607. The van der Waals surface area contributed by atoms with Crippen molar-refractivity contribution in [3.8, 4) is 11.5 Å². The number of amides is 1. The third-order valence-corrected chi connectivity index (χ3v) is 3.69. The molecule has 1 amide bonds. The van der Waals surface area contributed by atoms with Gasteiger partial charge in [-0.05, 0) is 43.7 Å². The smallest absolute Gasteiger partial charge is 0.261 e. The molecule has 0 radical (unpaired) electrons. The van der Waals surface area contributed by atoms with Gasteiger partial charge in [-0.1, -0.05) is 29.8 Å². The van der Waals surface area contributed by atoms with Gasteiger partial charge in [0.05, 0.1) is 7.11 Å². The summed E-state index contributed by atoms with van der Waals surface area (Å²) in [6, 6.07) is 12.9. The monoisotopic (exact) mass is 333 g/mol. The van der Waals surface area contributed by atoms with Crippen LogP contribution in [-0.2, 0) is 11.3 Å². The van der Waals surface area contributed by atoms with E-state index in [1.165, 1.54) is 0 Å². The molecule has 2 aromatic carbocycles. The molecule has 0 aliphatic rings. The number of aryl methyl sites for hydroxylation is 1. The fourth-order valence-electron chi connectivity index (χ4n) is 2.16. The number of carbonyl (C=O) groups is 1. The van der Waals surface area contributed by atoms with E-state index >= 15 is 0 Å². The number of hydrogen-bond donors (Lipinski definition) is 1. The van der Waals surface area contributed by atoms with Crippen molar-refractivity contribution < 1.29 is 14.3 Å². The molecule has 1 atom stereocenters. The molecular formula is C18H20ClNO3. The second kappa shape index (κ2) is 7.88. The molecule has 0 aliphatic carbocycles. The third-order valence-electron chi connectivity index (χ3n) is 3.46. The Labute approximate surface area is 141 Å². The lowest BCUT2D eigenvalue weighted by Crippen LogP contribution is -2.36. The van der Waals surface area contributed by atoms with Crippen molar-refractivity contribution in [1.82, 2.24) is 5.32 Å². The number of rotatable bonds is 6. The summed E-state index contributed by atoms with van der Waals surface area (Å²) in [4.78, 5) is 12.2. The molecular weight excluding hydrogens is 314 g/mol. The first-order chi connectivity index (χ1) is 11.0. The lowest BCUT2D eigenvalue weighted by atomic mass is 10.2. The molecule has 122 valence electrons. The van der Waals surface area contributed by atoms with Crippen LogP contribution in [0.1, 0.15) is 18.1 Å². The van der Waals surface area contributed by atoms with E-state index in [0.717, 1.165) is 16.9 Å². The van der Waals surface area contributed by atoms with Crippen molar-refractivity contribution >= 4 is 17.5 Å². The summed E-state index contributed by atoms with van der Waals surface area (Å²) >= 11 is 5.92. The number of carbonyl (C=O) groups excluding carboxylic acids is 1. The summed E-state index contributed by atoms with van der Waals surface area (Å²) in [6.07, 6.45) is -0.607. The van der Waals surface area contributed by atoms with Gasteiger partial charge < -0.3 is 14.8 Å². The lowest BCUT2D eigenvalue weighted by Gasteiger charge is -2.17. The first-order valence-electron chi connectivity index (χ1n) is 7.33. The molecule has 1 N–H and O–H groups in total. The van der Waals surface area contributed by atoms with E-state index in [1.807, 2.05) is 31.2 Å². The fourth-order valence-corrected chi connectivity index (χ4v) is 2.39. The van der Waals surface area contributed by atoms with Crippen molar-refractivity contribution in [2.45, 2.75) is 26.5 Å². The molecule has 0 bridgehead atoms. The Balaban J connectivity index is 1.95. The highest BCUT2D eigenvalue weighted by atomic mass is 35.5. The molecule has 0 heterocycles. The van der Waals surface area contributed by atoms with Crippen LogP contribution in [-0.4, -0.2) is 19.1 Å². The average Bonchev–Trinajstić information content (AvgIpc) is 2.55. The number of nitrogens with one attached hydrogen (secondary N) is 1. The van der Waals surface area contributed by atoms with Crippen LogP contribution in [0.25, 0.3) is 0 Å². The second-order valence-corrected chi connectivity index (χ2v) is 5.64. The van der Waals surface area contributed by atoms with E-state index in [9.17, 15) is 4.79 Å². The van der Waals surface area contributed by atoms with Crippen LogP contribution in [0.15, 0.2) is 42.5 Å². The van der Waals surface area contributed by atoms with Gasteiger partial charge in [0.15, 0.2) is 6.10 Å². The maximum Gasteiger partial charge on any atom is 0.261 e. The number of halogens is 1. The minimum Gasteiger partial charge on any atom is -0.496 e. The first kappa shape index (κ1) is 17.2. The third kappa shape index (κ3) is 4.63. The van der Waals surface area contributed by atoms with Gasteiger partial charge in [-0.3, -0.25) is 4.79 Å². The van der Waals surface area contributed by atoms with E-state index in [2.05, 4.69) is 5.32 Å². The predicted octanol–water partition coefficient (Wildman–Crippen LogP) is 3.74. The number of hydrogen-bond acceptors (Lipinski definition) is 3. The van der Waals surface area contributed by atoms with Crippen LogP contribution >= 0.6 is 11.6 Å². The second-order valence-electron chi connectivity index (χ2n) is 5.20. The van der Waals surface area contributed by atoms with Crippen molar-refractivity contribution in [3.63, 3.8) is 0 Å². The largest absolute Gasteiger partial charge is 0.496 e. The molecule has 0 saturated heterocycles. The van der Waals surface area contributed by atoms with Crippen molar-refractivity contribution in [1.29, 1.82) is 0 Å². The summed E-state index contributed by atoms with van der Waals surface area (Å²) in [5.74, 6) is 1.20. The van der Waals surface area contributed by atoms with Gasteiger partial charge in [0.25, 0.3) is 5.91 Å². The summed E-state index contributed by atoms with van der Waals surface area (Å²) in [5, 5.41) is 3.50. The highest BCUT2D eigenvalue weighted by Crippen LogP contribution is 2.23. The van der Waals surface area contributed by atoms with Gasteiger partial charge in [0.2, 0.25) is 0 Å². The standard InChI is InChI=1S/C18H20ClNO3/c1-12-10-15(19)8-9-16(12)23-13(2)18(21)20-11-14-6-4-5-7-17(14)22-3/h4-10,13H,11H2,1-3H3,(H,20,21)/t13-/m1/s1. The number of ether oxygens (including phenoxy) is 2. The Morgan fingerprint density at radius 1 is 1.22 bits per heavy atom. The lowest BCUT2D eigenvalue weighted by molar-refractivity contribution is -0.127. The van der Waals surface area contributed by atoms with Crippen LogP contribution < -0.4 is 14.8 Å². The zero-order chi connectivity index (χ0) is 16.8. The predicted molar refractivity (Wildman–Crippen MR) is 91.1 cm³/mol. The maximum absolute atomic E-state index is 12.2. The van der Waals surface area contributed by atoms with E-state index in [1.54, 1.807) is 32.2 Å². The van der Waals surface area contributed by atoms with Crippen molar-refractivity contribution in [3.05, 3.63) is 58.6 Å². The van der Waals surface area contributed by atoms with E-state index < -0.39 is 6.10 Å². The Bertz CT molecular complexity index is 688. The Morgan fingerprint density at radius 2 is 1.96 bits per heavy atom. The van der Waals surface area contributed by atoms with Gasteiger partial charge in [-0.25, -0.2) is 0 Å². The van der Waals surface area contributed by atoms with E-state index in [-0.39, 0.29) is 5.91 Å². The zero-order valence-corrected chi connectivity index (χ0v) is 14.2. The van der Waals surface area contributed by atoms with Gasteiger partial charge in [0.1, 0.15) is 11.5 Å². The normalized spacial score (nSPS) is 11.7. The SMILES string of the molecule is COc1ccccc1CNC(=O)[C@@H](C)Oc1ccc(Cl)cc1C. The topological polar surface area (TPSA) is 47.6 Å². The first-order valence-corrected chi connectivity index (χ1v) is 7.71. The quantitative estimate of drug-likeness (QED) is 0.876. The average molecular weight is 334 g/mol. The van der Waals surface area contributed by atoms with Crippen LogP contribution in [0, 0.1) is 6.92 Å².